The van der Waals surface area contributed by atoms with Crippen molar-refractivity contribution < 1.29 is 13.6 Å². The molecular weight excluding hydrogens is 214 g/mol. The Bertz CT molecular complexity index is 382. The highest BCUT2D eigenvalue weighted by Crippen LogP contribution is 2.15. The number of nitrogens with one attached hydrogen (secondary N) is 2. The average molecular weight is 228 g/mol. The molecule has 1 amide bonds. The lowest BCUT2D eigenvalue weighted by Crippen LogP contribution is -2.28. The van der Waals surface area contributed by atoms with E-state index in [4.69, 9.17) is 0 Å². The van der Waals surface area contributed by atoms with E-state index in [1.54, 1.807) is 14.0 Å². The van der Waals surface area contributed by atoms with Crippen LogP contribution in [0.15, 0.2) is 18.2 Å². The Labute approximate surface area is 92.8 Å². The van der Waals surface area contributed by atoms with Crippen molar-refractivity contribution in [3.05, 3.63) is 29.8 Å². The van der Waals surface area contributed by atoms with E-state index in [2.05, 4.69) is 10.6 Å². The Morgan fingerprint density at radius 3 is 2.69 bits per heavy atom. The Morgan fingerprint density at radius 2 is 2.12 bits per heavy atom. The van der Waals surface area contributed by atoms with Crippen LogP contribution in [0.4, 0.5) is 14.5 Å². The van der Waals surface area contributed by atoms with Crippen molar-refractivity contribution in [2.45, 2.75) is 6.92 Å². The molecule has 1 aromatic carbocycles. The summed E-state index contributed by atoms with van der Waals surface area (Å²) in [6, 6.07) is 3.04. The fourth-order valence-corrected chi connectivity index (χ4v) is 1.25. The number of anilines is 1. The number of hydrogen-bond donors (Lipinski definition) is 2. The summed E-state index contributed by atoms with van der Waals surface area (Å²) in [5.74, 6) is -2.03. The fourth-order valence-electron chi connectivity index (χ4n) is 1.25. The summed E-state index contributed by atoms with van der Waals surface area (Å²) in [5.41, 5.74) is -0.00523. The van der Waals surface area contributed by atoms with Gasteiger partial charge < -0.3 is 10.6 Å². The van der Waals surface area contributed by atoms with Crippen LogP contribution in [0.1, 0.15) is 6.92 Å². The third-order valence-corrected chi connectivity index (χ3v) is 2.15. The number of rotatable bonds is 4. The minimum absolute atomic E-state index is 0.00523. The third kappa shape index (κ3) is 3.27. The fraction of sp³-hybridized carbons (Fsp3) is 0.364. The lowest BCUT2D eigenvalue weighted by atomic mass is 10.1. The van der Waals surface area contributed by atoms with Gasteiger partial charge in [0.25, 0.3) is 0 Å². The van der Waals surface area contributed by atoms with Gasteiger partial charge >= 0.3 is 0 Å². The second-order valence-electron chi connectivity index (χ2n) is 3.57. The van der Waals surface area contributed by atoms with Gasteiger partial charge in [-0.25, -0.2) is 8.78 Å². The summed E-state index contributed by atoms with van der Waals surface area (Å²) in [5, 5.41) is 5.24. The predicted molar refractivity (Wildman–Crippen MR) is 58.1 cm³/mol. The predicted octanol–water partition coefficient (Wildman–Crippen LogP) is 1.76. The van der Waals surface area contributed by atoms with Gasteiger partial charge in [-0.1, -0.05) is 6.92 Å². The minimum atomic E-state index is -0.773. The number of carbonyl (C=O) groups excluding carboxylic acids is 1. The zero-order valence-electron chi connectivity index (χ0n) is 9.18. The largest absolute Gasteiger partial charge is 0.323 e. The summed E-state index contributed by atoms with van der Waals surface area (Å²) in [6.07, 6.45) is 0. The molecule has 1 aromatic rings. The summed E-state index contributed by atoms with van der Waals surface area (Å²) < 4.78 is 25.8. The lowest BCUT2D eigenvalue weighted by molar-refractivity contribution is -0.119. The van der Waals surface area contributed by atoms with Crippen molar-refractivity contribution in [3.8, 4) is 0 Å². The van der Waals surface area contributed by atoms with E-state index in [1.807, 2.05) is 0 Å². The van der Waals surface area contributed by atoms with Crippen molar-refractivity contribution in [2.75, 3.05) is 18.9 Å². The Hall–Kier alpha value is -1.49. The molecule has 0 heterocycles. The maximum absolute atomic E-state index is 13.2. The number of hydrogen-bond acceptors (Lipinski definition) is 2. The van der Waals surface area contributed by atoms with Crippen molar-refractivity contribution in [3.63, 3.8) is 0 Å². The summed E-state index contributed by atoms with van der Waals surface area (Å²) in [4.78, 5) is 11.5. The molecule has 0 aliphatic heterocycles. The van der Waals surface area contributed by atoms with Gasteiger partial charge in [0.2, 0.25) is 5.91 Å². The van der Waals surface area contributed by atoms with E-state index in [1.165, 1.54) is 6.07 Å². The molecule has 1 rings (SSSR count). The molecule has 0 aromatic heterocycles. The molecule has 0 fully saturated rings. The molecule has 0 saturated heterocycles. The molecule has 16 heavy (non-hydrogen) atoms. The molecular formula is C11H14F2N2O. The monoisotopic (exact) mass is 228 g/mol. The van der Waals surface area contributed by atoms with Crippen LogP contribution in [-0.2, 0) is 4.79 Å². The molecule has 1 unspecified atom stereocenters. The van der Waals surface area contributed by atoms with Crippen LogP contribution in [-0.4, -0.2) is 19.5 Å². The van der Waals surface area contributed by atoms with Crippen LogP contribution in [0.25, 0.3) is 0 Å². The minimum Gasteiger partial charge on any atom is -0.323 e. The second-order valence-corrected chi connectivity index (χ2v) is 3.57. The molecule has 0 saturated carbocycles. The normalized spacial score (nSPS) is 12.2. The first kappa shape index (κ1) is 12.6. The van der Waals surface area contributed by atoms with Gasteiger partial charge in [0.05, 0.1) is 5.69 Å². The van der Waals surface area contributed by atoms with Gasteiger partial charge in [-0.2, -0.15) is 0 Å². The Kier molecular flexibility index (Phi) is 4.37. The summed E-state index contributed by atoms with van der Waals surface area (Å²) in [7, 11) is 1.72. The van der Waals surface area contributed by atoms with E-state index in [-0.39, 0.29) is 17.5 Å². The maximum Gasteiger partial charge on any atom is 0.228 e. The van der Waals surface area contributed by atoms with E-state index in [0.717, 1.165) is 12.1 Å². The molecule has 0 bridgehead atoms. The Morgan fingerprint density at radius 1 is 1.44 bits per heavy atom. The SMILES string of the molecule is CNCC(C)C(=O)Nc1ccc(F)cc1F. The standard InChI is InChI=1S/C11H14F2N2O/c1-7(6-14-2)11(16)15-10-4-3-8(12)5-9(10)13/h3-5,7,14H,6H2,1-2H3,(H,15,16). The molecule has 1 atom stereocenters. The smallest absolute Gasteiger partial charge is 0.228 e. The molecule has 88 valence electrons. The molecule has 2 N–H and O–H groups in total. The average Bonchev–Trinajstić information content (AvgIpc) is 2.22. The van der Waals surface area contributed by atoms with Gasteiger partial charge in [-0.15, -0.1) is 0 Å². The first-order chi connectivity index (χ1) is 7.54. The van der Waals surface area contributed by atoms with Gasteiger partial charge in [0, 0.05) is 18.5 Å². The number of amides is 1. The van der Waals surface area contributed by atoms with E-state index >= 15 is 0 Å². The van der Waals surface area contributed by atoms with E-state index in [9.17, 15) is 13.6 Å². The summed E-state index contributed by atoms with van der Waals surface area (Å²) >= 11 is 0. The van der Waals surface area contributed by atoms with Crippen molar-refractivity contribution >= 4 is 11.6 Å². The molecule has 3 nitrogen and oxygen atoms in total. The molecule has 0 aliphatic carbocycles. The van der Waals surface area contributed by atoms with Gasteiger partial charge in [0.15, 0.2) is 0 Å². The van der Waals surface area contributed by atoms with E-state index in [0.29, 0.717) is 6.54 Å². The number of benzene rings is 1. The van der Waals surface area contributed by atoms with Crippen LogP contribution in [0, 0.1) is 17.6 Å². The van der Waals surface area contributed by atoms with Crippen LogP contribution in [0.5, 0.6) is 0 Å². The molecule has 5 heteroatoms. The van der Waals surface area contributed by atoms with Crippen LogP contribution >= 0.6 is 0 Å². The van der Waals surface area contributed by atoms with Crippen molar-refractivity contribution in [2.24, 2.45) is 5.92 Å². The molecule has 0 radical (unpaired) electrons. The highest BCUT2D eigenvalue weighted by Gasteiger charge is 2.13. The van der Waals surface area contributed by atoms with E-state index < -0.39 is 11.6 Å². The Balaban J connectivity index is 2.69. The topological polar surface area (TPSA) is 41.1 Å². The van der Waals surface area contributed by atoms with Crippen LogP contribution < -0.4 is 10.6 Å². The van der Waals surface area contributed by atoms with Crippen molar-refractivity contribution in [1.29, 1.82) is 0 Å². The first-order valence-corrected chi connectivity index (χ1v) is 4.95. The van der Waals surface area contributed by atoms with Gasteiger partial charge in [0.1, 0.15) is 11.6 Å². The van der Waals surface area contributed by atoms with Gasteiger partial charge in [-0.3, -0.25) is 4.79 Å². The molecule has 0 spiro atoms. The highest BCUT2D eigenvalue weighted by molar-refractivity contribution is 5.92. The lowest BCUT2D eigenvalue weighted by Gasteiger charge is -2.11. The third-order valence-electron chi connectivity index (χ3n) is 2.15. The zero-order valence-corrected chi connectivity index (χ0v) is 9.18. The first-order valence-electron chi connectivity index (χ1n) is 4.95. The summed E-state index contributed by atoms with van der Waals surface area (Å²) in [6.45, 7) is 2.21. The highest BCUT2D eigenvalue weighted by atomic mass is 19.1. The van der Waals surface area contributed by atoms with Crippen LogP contribution in [0.3, 0.4) is 0 Å². The van der Waals surface area contributed by atoms with Crippen molar-refractivity contribution in [1.82, 2.24) is 5.32 Å². The maximum atomic E-state index is 13.2. The molecule has 0 aliphatic rings. The van der Waals surface area contributed by atoms with Gasteiger partial charge in [-0.05, 0) is 19.2 Å². The number of halogens is 2. The number of carbonyl (C=O) groups is 1. The quantitative estimate of drug-likeness (QED) is 0.824. The zero-order chi connectivity index (χ0) is 12.1. The second kappa shape index (κ2) is 5.55. The van der Waals surface area contributed by atoms with Crippen LogP contribution in [0.2, 0.25) is 0 Å².